The molecule has 0 saturated heterocycles. The van der Waals surface area contributed by atoms with Gasteiger partial charge >= 0.3 is 0 Å². The van der Waals surface area contributed by atoms with Crippen LogP contribution in [0.25, 0.3) is 0 Å². The Bertz CT molecular complexity index is 279. The Balaban J connectivity index is 2.95. The predicted molar refractivity (Wildman–Crippen MR) is 49.6 cm³/mol. The van der Waals surface area contributed by atoms with Crippen molar-refractivity contribution in [1.82, 2.24) is 0 Å². The zero-order valence-corrected chi connectivity index (χ0v) is 8.07. The molecule has 0 aromatic heterocycles. The molecule has 1 aromatic rings. The van der Waals surface area contributed by atoms with Crippen LogP contribution in [0.1, 0.15) is 17.4 Å². The molecule has 0 unspecified atom stereocenters. The van der Waals surface area contributed by atoms with E-state index >= 15 is 0 Å². The number of aromatic hydroxyl groups is 1. The third-order valence-corrected chi connectivity index (χ3v) is 1.92. The van der Waals surface area contributed by atoms with Crippen molar-refractivity contribution in [3.05, 3.63) is 29.3 Å². The maximum atomic E-state index is 9.29. The van der Waals surface area contributed by atoms with E-state index in [4.69, 9.17) is 9.47 Å². The van der Waals surface area contributed by atoms with Crippen molar-refractivity contribution in [3.8, 4) is 5.75 Å². The highest BCUT2D eigenvalue weighted by molar-refractivity contribution is 5.35. The SMILES string of the molecule is COC(OC)c1ccc(O)c(C)c1. The molecule has 1 rings (SSSR count). The Kier molecular flexibility index (Phi) is 3.28. The summed E-state index contributed by atoms with van der Waals surface area (Å²) in [6, 6.07) is 5.25. The van der Waals surface area contributed by atoms with Crippen LogP contribution in [0.15, 0.2) is 18.2 Å². The molecule has 0 aliphatic rings. The molecule has 1 N–H and O–H groups in total. The maximum absolute atomic E-state index is 9.29. The quantitative estimate of drug-likeness (QED) is 0.726. The van der Waals surface area contributed by atoms with Crippen LogP contribution in [0, 0.1) is 6.92 Å². The van der Waals surface area contributed by atoms with E-state index in [0.717, 1.165) is 11.1 Å². The molecule has 0 spiro atoms. The number of phenols is 1. The van der Waals surface area contributed by atoms with E-state index in [1.807, 2.05) is 13.0 Å². The lowest BCUT2D eigenvalue weighted by atomic mass is 10.1. The van der Waals surface area contributed by atoms with Gasteiger partial charge in [0, 0.05) is 19.8 Å². The monoisotopic (exact) mass is 182 g/mol. The van der Waals surface area contributed by atoms with Crippen LogP contribution in [0.3, 0.4) is 0 Å². The van der Waals surface area contributed by atoms with Gasteiger partial charge in [-0.1, -0.05) is 6.07 Å². The Morgan fingerprint density at radius 3 is 2.31 bits per heavy atom. The minimum Gasteiger partial charge on any atom is -0.508 e. The summed E-state index contributed by atoms with van der Waals surface area (Å²) in [6.45, 7) is 1.83. The topological polar surface area (TPSA) is 38.7 Å². The van der Waals surface area contributed by atoms with E-state index in [1.165, 1.54) is 0 Å². The lowest BCUT2D eigenvalue weighted by Gasteiger charge is -2.14. The summed E-state index contributed by atoms with van der Waals surface area (Å²) < 4.78 is 10.2. The molecule has 0 bridgehead atoms. The maximum Gasteiger partial charge on any atom is 0.183 e. The van der Waals surface area contributed by atoms with Crippen molar-refractivity contribution in [3.63, 3.8) is 0 Å². The van der Waals surface area contributed by atoms with Gasteiger partial charge in [-0.2, -0.15) is 0 Å². The molecule has 0 amide bonds. The van der Waals surface area contributed by atoms with Crippen LogP contribution in [0.4, 0.5) is 0 Å². The molecule has 0 radical (unpaired) electrons. The highest BCUT2D eigenvalue weighted by atomic mass is 16.7. The van der Waals surface area contributed by atoms with Crippen molar-refractivity contribution in [1.29, 1.82) is 0 Å². The minimum atomic E-state index is -0.362. The second-order valence-electron chi connectivity index (χ2n) is 2.85. The second-order valence-corrected chi connectivity index (χ2v) is 2.85. The molecule has 3 heteroatoms. The third-order valence-electron chi connectivity index (χ3n) is 1.92. The summed E-state index contributed by atoms with van der Waals surface area (Å²) in [5.74, 6) is 0.287. The van der Waals surface area contributed by atoms with Crippen molar-refractivity contribution in [2.75, 3.05) is 14.2 Å². The van der Waals surface area contributed by atoms with E-state index in [9.17, 15) is 5.11 Å². The van der Waals surface area contributed by atoms with Crippen molar-refractivity contribution in [2.24, 2.45) is 0 Å². The number of aryl methyl sites for hydroxylation is 1. The molecule has 0 aliphatic heterocycles. The zero-order chi connectivity index (χ0) is 9.84. The van der Waals surface area contributed by atoms with Gasteiger partial charge in [-0.3, -0.25) is 0 Å². The van der Waals surface area contributed by atoms with E-state index in [-0.39, 0.29) is 12.0 Å². The number of hydrogen-bond acceptors (Lipinski definition) is 3. The van der Waals surface area contributed by atoms with Crippen molar-refractivity contribution < 1.29 is 14.6 Å². The average Bonchev–Trinajstić information content (AvgIpc) is 2.13. The van der Waals surface area contributed by atoms with Gasteiger partial charge in [0.05, 0.1) is 0 Å². The lowest BCUT2D eigenvalue weighted by Crippen LogP contribution is -2.03. The summed E-state index contributed by atoms with van der Waals surface area (Å²) in [4.78, 5) is 0. The first-order chi connectivity index (χ1) is 6.19. The Hall–Kier alpha value is -1.06. The lowest BCUT2D eigenvalue weighted by molar-refractivity contribution is -0.106. The van der Waals surface area contributed by atoms with Crippen LogP contribution >= 0.6 is 0 Å². The van der Waals surface area contributed by atoms with Crippen LogP contribution in [0.5, 0.6) is 5.75 Å². The summed E-state index contributed by atoms with van der Waals surface area (Å²) in [5.41, 5.74) is 1.72. The van der Waals surface area contributed by atoms with Crippen molar-refractivity contribution in [2.45, 2.75) is 13.2 Å². The first-order valence-corrected chi connectivity index (χ1v) is 4.04. The molecule has 13 heavy (non-hydrogen) atoms. The molecule has 3 nitrogen and oxygen atoms in total. The van der Waals surface area contributed by atoms with Gasteiger partial charge in [0.25, 0.3) is 0 Å². The summed E-state index contributed by atoms with van der Waals surface area (Å²) in [7, 11) is 3.16. The number of phenolic OH excluding ortho intramolecular Hbond substituents is 1. The largest absolute Gasteiger partial charge is 0.508 e. The summed E-state index contributed by atoms with van der Waals surface area (Å²) in [6.07, 6.45) is -0.362. The van der Waals surface area contributed by atoms with Crippen LogP contribution in [-0.2, 0) is 9.47 Å². The molecule has 0 fully saturated rings. The highest BCUT2D eigenvalue weighted by Gasteiger charge is 2.09. The smallest absolute Gasteiger partial charge is 0.183 e. The molecule has 0 atom stereocenters. The number of ether oxygens (including phenoxy) is 2. The van der Waals surface area contributed by atoms with Gasteiger partial charge in [0.15, 0.2) is 6.29 Å². The molecule has 0 heterocycles. The normalized spacial score (nSPS) is 10.8. The van der Waals surface area contributed by atoms with Gasteiger partial charge in [0.2, 0.25) is 0 Å². The number of methoxy groups -OCH3 is 2. The van der Waals surface area contributed by atoms with Gasteiger partial charge in [-0.05, 0) is 24.6 Å². The molecule has 1 aromatic carbocycles. The first kappa shape index (κ1) is 10.0. The van der Waals surface area contributed by atoms with Gasteiger partial charge in [0.1, 0.15) is 5.75 Å². The van der Waals surface area contributed by atoms with Gasteiger partial charge in [-0.25, -0.2) is 0 Å². The standard InChI is InChI=1S/C10H14O3/c1-7-6-8(4-5-9(7)11)10(12-2)13-3/h4-6,10-11H,1-3H3. The van der Waals surface area contributed by atoms with Crippen LogP contribution < -0.4 is 0 Å². The number of hydrogen-bond donors (Lipinski definition) is 1. The summed E-state index contributed by atoms with van der Waals surface area (Å²) in [5, 5.41) is 9.29. The van der Waals surface area contributed by atoms with Crippen molar-refractivity contribution >= 4 is 0 Å². The Morgan fingerprint density at radius 2 is 1.85 bits per heavy atom. The van der Waals surface area contributed by atoms with Crippen LogP contribution in [-0.4, -0.2) is 19.3 Å². The molecular formula is C10H14O3. The first-order valence-electron chi connectivity index (χ1n) is 4.04. The van der Waals surface area contributed by atoms with E-state index in [1.54, 1.807) is 26.4 Å². The number of benzene rings is 1. The van der Waals surface area contributed by atoms with E-state index in [2.05, 4.69) is 0 Å². The second kappa shape index (κ2) is 4.25. The average molecular weight is 182 g/mol. The fraction of sp³-hybridized carbons (Fsp3) is 0.400. The minimum absolute atomic E-state index is 0.287. The van der Waals surface area contributed by atoms with Crippen LogP contribution in [0.2, 0.25) is 0 Å². The van der Waals surface area contributed by atoms with E-state index < -0.39 is 0 Å². The fourth-order valence-electron chi connectivity index (χ4n) is 1.19. The highest BCUT2D eigenvalue weighted by Crippen LogP contribution is 2.23. The Labute approximate surface area is 77.9 Å². The van der Waals surface area contributed by atoms with Gasteiger partial charge < -0.3 is 14.6 Å². The van der Waals surface area contributed by atoms with Gasteiger partial charge in [-0.15, -0.1) is 0 Å². The molecule has 72 valence electrons. The zero-order valence-electron chi connectivity index (χ0n) is 8.07. The number of rotatable bonds is 3. The molecular weight excluding hydrogens is 168 g/mol. The Morgan fingerprint density at radius 1 is 1.23 bits per heavy atom. The van der Waals surface area contributed by atoms with E-state index in [0.29, 0.717) is 0 Å². The molecule has 0 saturated carbocycles. The predicted octanol–water partition coefficient (Wildman–Crippen LogP) is 1.99. The molecule has 0 aliphatic carbocycles. The third kappa shape index (κ3) is 2.20. The fourth-order valence-corrected chi connectivity index (χ4v) is 1.19. The summed E-state index contributed by atoms with van der Waals surface area (Å²) >= 11 is 0.